The van der Waals surface area contributed by atoms with Crippen LogP contribution in [0, 0.1) is 5.92 Å². The first-order valence-electron chi connectivity index (χ1n) is 9.62. The first kappa shape index (κ1) is 20.0. The lowest BCUT2D eigenvalue weighted by atomic mass is 9.87. The number of likely N-dealkylation sites (tertiary alicyclic amines) is 1. The van der Waals surface area contributed by atoms with Gasteiger partial charge in [0, 0.05) is 39.3 Å². The summed E-state index contributed by atoms with van der Waals surface area (Å²) in [4.78, 5) is 29.0. The molecule has 0 spiro atoms. The number of nitrogens with one attached hydrogen (secondary N) is 1. The monoisotopic (exact) mass is 353 g/mol. The van der Waals surface area contributed by atoms with Crippen LogP contribution < -0.4 is 5.32 Å². The molecule has 2 amide bonds. The highest BCUT2D eigenvalue weighted by molar-refractivity contribution is 5.80. The van der Waals surface area contributed by atoms with E-state index in [0.717, 1.165) is 19.5 Å². The normalized spacial score (nSPS) is 26.1. The maximum atomic E-state index is 12.7. The Morgan fingerprint density at radius 3 is 2.28 bits per heavy atom. The SMILES string of the molecule is CN(C)C(=O)[C@@H]1CN(C2CCCCC2)CC[C@H]1NC(=O)OC(C)(C)C. The minimum atomic E-state index is -0.534. The molecule has 1 N–H and O–H groups in total. The topological polar surface area (TPSA) is 61.9 Å². The Morgan fingerprint density at radius 2 is 1.72 bits per heavy atom. The van der Waals surface area contributed by atoms with E-state index in [0.29, 0.717) is 6.04 Å². The fourth-order valence-electron chi connectivity index (χ4n) is 3.97. The lowest BCUT2D eigenvalue weighted by Gasteiger charge is -2.43. The number of amides is 2. The van der Waals surface area contributed by atoms with E-state index in [9.17, 15) is 9.59 Å². The van der Waals surface area contributed by atoms with Gasteiger partial charge in [-0.2, -0.15) is 0 Å². The first-order chi connectivity index (χ1) is 11.7. The van der Waals surface area contributed by atoms with Gasteiger partial charge in [0.2, 0.25) is 5.91 Å². The van der Waals surface area contributed by atoms with Gasteiger partial charge < -0.3 is 15.0 Å². The molecular weight excluding hydrogens is 318 g/mol. The summed E-state index contributed by atoms with van der Waals surface area (Å²) in [6, 6.07) is 0.429. The molecule has 1 aliphatic heterocycles. The maximum absolute atomic E-state index is 12.7. The van der Waals surface area contributed by atoms with Gasteiger partial charge in [-0.15, -0.1) is 0 Å². The largest absolute Gasteiger partial charge is 0.444 e. The zero-order chi connectivity index (χ0) is 18.6. The van der Waals surface area contributed by atoms with Crippen LogP contribution in [0.3, 0.4) is 0 Å². The molecule has 0 aromatic carbocycles. The van der Waals surface area contributed by atoms with Crippen molar-refractivity contribution >= 4 is 12.0 Å². The standard InChI is InChI=1S/C19H35N3O3/c1-19(2,3)25-18(24)20-16-11-12-22(14-9-7-6-8-10-14)13-15(16)17(23)21(4)5/h14-16H,6-13H2,1-5H3,(H,20,24)/t15-,16-/m1/s1. The Kier molecular flexibility index (Phi) is 6.72. The molecule has 1 saturated heterocycles. The fraction of sp³-hybridized carbons (Fsp3) is 0.895. The van der Waals surface area contributed by atoms with Crippen LogP contribution in [0.4, 0.5) is 4.79 Å². The molecule has 2 aliphatic rings. The van der Waals surface area contributed by atoms with Crippen LogP contribution in [-0.2, 0) is 9.53 Å². The Morgan fingerprint density at radius 1 is 1.08 bits per heavy atom. The molecule has 0 unspecified atom stereocenters. The van der Waals surface area contributed by atoms with Crippen molar-refractivity contribution < 1.29 is 14.3 Å². The summed E-state index contributed by atoms with van der Waals surface area (Å²) < 4.78 is 5.38. The predicted octanol–water partition coefficient (Wildman–Crippen LogP) is 2.62. The van der Waals surface area contributed by atoms with Crippen LogP contribution in [0.1, 0.15) is 59.3 Å². The highest BCUT2D eigenvalue weighted by Crippen LogP contribution is 2.28. The second-order valence-electron chi connectivity index (χ2n) is 8.67. The van der Waals surface area contributed by atoms with Crippen LogP contribution in [0.15, 0.2) is 0 Å². The Balaban J connectivity index is 2.03. The van der Waals surface area contributed by atoms with Gasteiger partial charge in [-0.25, -0.2) is 4.79 Å². The van der Waals surface area contributed by atoms with Crippen LogP contribution in [-0.4, -0.2) is 66.7 Å². The van der Waals surface area contributed by atoms with E-state index >= 15 is 0 Å². The van der Waals surface area contributed by atoms with Gasteiger partial charge in [0.05, 0.1) is 5.92 Å². The number of carbonyl (C=O) groups is 2. The number of nitrogens with zero attached hydrogens (tertiary/aromatic N) is 2. The zero-order valence-corrected chi connectivity index (χ0v) is 16.5. The smallest absolute Gasteiger partial charge is 0.407 e. The quantitative estimate of drug-likeness (QED) is 0.847. The van der Waals surface area contributed by atoms with E-state index in [2.05, 4.69) is 10.2 Å². The van der Waals surface area contributed by atoms with E-state index in [1.807, 2.05) is 20.8 Å². The average molecular weight is 354 g/mol. The first-order valence-corrected chi connectivity index (χ1v) is 9.62. The summed E-state index contributed by atoms with van der Waals surface area (Å²) in [5.41, 5.74) is -0.534. The molecule has 0 bridgehead atoms. The summed E-state index contributed by atoms with van der Waals surface area (Å²) in [7, 11) is 3.57. The van der Waals surface area contributed by atoms with Crippen molar-refractivity contribution in [2.75, 3.05) is 27.2 Å². The molecule has 0 aromatic rings. The van der Waals surface area contributed by atoms with Gasteiger partial charge in [0.25, 0.3) is 0 Å². The number of piperidine rings is 1. The highest BCUT2D eigenvalue weighted by Gasteiger charge is 2.38. The zero-order valence-electron chi connectivity index (χ0n) is 16.5. The van der Waals surface area contributed by atoms with Gasteiger partial charge in [0.1, 0.15) is 5.60 Å². The van der Waals surface area contributed by atoms with Crippen molar-refractivity contribution in [3.63, 3.8) is 0 Å². The van der Waals surface area contributed by atoms with E-state index in [1.54, 1.807) is 19.0 Å². The number of carbonyl (C=O) groups excluding carboxylic acids is 2. The maximum Gasteiger partial charge on any atom is 0.407 e. The number of ether oxygens (including phenoxy) is 1. The van der Waals surface area contributed by atoms with Crippen molar-refractivity contribution in [2.24, 2.45) is 5.92 Å². The molecule has 6 nitrogen and oxygen atoms in total. The summed E-state index contributed by atoms with van der Waals surface area (Å²) in [6.45, 7) is 7.20. The van der Waals surface area contributed by atoms with Crippen molar-refractivity contribution in [1.29, 1.82) is 0 Å². The lowest BCUT2D eigenvalue weighted by molar-refractivity contribution is -0.136. The van der Waals surface area contributed by atoms with E-state index in [4.69, 9.17) is 4.74 Å². The van der Waals surface area contributed by atoms with Crippen LogP contribution in [0.2, 0.25) is 0 Å². The molecule has 0 radical (unpaired) electrons. The van der Waals surface area contributed by atoms with Gasteiger partial charge in [-0.3, -0.25) is 9.69 Å². The van der Waals surface area contributed by atoms with Crippen LogP contribution in [0.25, 0.3) is 0 Å². The van der Waals surface area contributed by atoms with Gasteiger partial charge in [-0.05, 0) is 40.0 Å². The molecule has 2 atom stereocenters. The minimum Gasteiger partial charge on any atom is -0.444 e. The number of rotatable bonds is 3. The van der Waals surface area contributed by atoms with Gasteiger partial charge >= 0.3 is 6.09 Å². The third-order valence-corrected chi connectivity index (χ3v) is 5.20. The fourth-order valence-corrected chi connectivity index (χ4v) is 3.97. The minimum absolute atomic E-state index is 0.0848. The van der Waals surface area contributed by atoms with E-state index < -0.39 is 11.7 Å². The molecule has 2 rings (SSSR count). The second-order valence-corrected chi connectivity index (χ2v) is 8.67. The second kappa shape index (κ2) is 8.39. The van der Waals surface area contributed by atoms with Crippen molar-refractivity contribution in [3.05, 3.63) is 0 Å². The molecule has 1 heterocycles. The Bertz CT molecular complexity index is 467. The molecule has 6 heteroatoms. The van der Waals surface area contributed by atoms with Crippen molar-refractivity contribution in [1.82, 2.24) is 15.1 Å². The average Bonchev–Trinajstić information content (AvgIpc) is 2.53. The molecule has 1 aliphatic carbocycles. The Labute approximate surface area is 152 Å². The summed E-state index contributed by atoms with van der Waals surface area (Å²) in [5.74, 6) is -0.125. The lowest BCUT2D eigenvalue weighted by Crippen LogP contribution is -2.58. The molecule has 144 valence electrons. The van der Waals surface area contributed by atoms with Gasteiger partial charge in [0.15, 0.2) is 0 Å². The predicted molar refractivity (Wildman–Crippen MR) is 98.4 cm³/mol. The molecule has 0 aromatic heterocycles. The third-order valence-electron chi connectivity index (χ3n) is 5.20. The summed E-state index contributed by atoms with van der Waals surface area (Å²) in [6.07, 6.45) is 6.72. The number of hydrogen-bond acceptors (Lipinski definition) is 4. The molecule has 2 fully saturated rings. The summed E-state index contributed by atoms with van der Waals surface area (Å²) in [5, 5.41) is 2.95. The van der Waals surface area contributed by atoms with E-state index in [-0.39, 0.29) is 17.9 Å². The molecule has 25 heavy (non-hydrogen) atoms. The summed E-state index contributed by atoms with van der Waals surface area (Å²) >= 11 is 0. The highest BCUT2D eigenvalue weighted by atomic mass is 16.6. The van der Waals surface area contributed by atoms with Gasteiger partial charge in [-0.1, -0.05) is 19.3 Å². The van der Waals surface area contributed by atoms with Crippen molar-refractivity contribution in [3.8, 4) is 0 Å². The third kappa shape index (κ3) is 5.87. The van der Waals surface area contributed by atoms with Crippen LogP contribution >= 0.6 is 0 Å². The Hall–Kier alpha value is -1.30. The van der Waals surface area contributed by atoms with Crippen LogP contribution in [0.5, 0.6) is 0 Å². The molecule has 1 saturated carbocycles. The van der Waals surface area contributed by atoms with E-state index in [1.165, 1.54) is 32.1 Å². The van der Waals surface area contributed by atoms with Crippen molar-refractivity contribution in [2.45, 2.75) is 77.0 Å². The number of alkyl carbamates (subject to hydrolysis) is 1. The number of hydrogen-bond donors (Lipinski definition) is 1. The molecular formula is C19H35N3O3.